The molecule has 0 radical (unpaired) electrons. The first-order valence-corrected chi connectivity index (χ1v) is 5.91. The van der Waals surface area contributed by atoms with Gasteiger partial charge in [0.2, 0.25) is 5.82 Å². The zero-order chi connectivity index (χ0) is 12.6. The number of hydrogen-bond acceptors (Lipinski definition) is 4. The Bertz CT molecular complexity index is 534. The minimum atomic E-state index is -0.403. The molecule has 0 aliphatic heterocycles. The molecule has 6 heteroatoms. The van der Waals surface area contributed by atoms with Gasteiger partial charge in [-0.25, -0.2) is 9.48 Å². The minimum Gasteiger partial charge on any atom is -0.359 e. The van der Waals surface area contributed by atoms with Crippen molar-refractivity contribution in [2.24, 2.45) is 14.1 Å². The molecule has 0 aromatic carbocycles. The molecule has 0 bridgehead atoms. The summed E-state index contributed by atoms with van der Waals surface area (Å²) in [6, 6.07) is 0. The van der Waals surface area contributed by atoms with E-state index in [1.807, 2.05) is 0 Å². The van der Waals surface area contributed by atoms with Crippen LogP contribution in [0.25, 0.3) is 0 Å². The maximum absolute atomic E-state index is 11.9. The van der Waals surface area contributed by atoms with Gasteiger partial charge in [0.1, 0.15) is 0 Å². The first kappa shape index (κ1) is 11.9. The first-order chi connectivity index (χ1) is 7.99. The van der Waals surface area contributed by atoms with Crippen LogP contribution in [0.1, 0.15) is 32.6 Å². The minimum absolute atomic E-state index is 0.00341. The fraction of sp³-hybridized carbons (Fsp3) is 0.727. The Morgan fingerprint density at radius 1 is 1.35 bits per heavy atom. The van der Waals surface area contributed by atoms with Gasteiger partial charge in [0.05, 0.1) is 0 Å². The Kier molecular flexibility index (Phi) is 2.81. The molecule has 1 heterocycles. The standard InChI is InChI=1S/C11H18N4O2/c1-4-11(6-5-7-11)12-8-9(16)14(2)10(17)15(3)13-8/h4-7H2,1-3H3,(H,12,13). The molecule has 2 rings (SSSR count). The van der Waals surface area contributed by atoms with E-state index in [9.17, 15) is 9.59 Å². The molecule has 0 saturated heterocycles. The maximum Gasteiger partial charge on any atom is 0.346 e. The Morgan fingerprint density at radius 3 is 2.47 bits per heavy atom. The van der Waals surface area contributed by atoms with E-state index >= 15 is 0 Å². The van der Waals surface area contributed by atoms with Crippen LogP contribution in [0.4, 0.5) is 5.82 Å². The number of nitrogens with one attached hydrogen (secondary N) is 1. The van der Waals surface area contributed by atoms with Crippen LogP contribution in [0.5, 0.6) is 0 Å². The second-order valence-corrected chi connectivity index (χ2v) is 4.73. The molecular formula is C11H18N4O2. The van der Waals surface area contributed by atoms with E-state index in [-0.39, 0.29) is 16.9 Å². The van der Waals surface area contributed by atoms with E-state index in [1.54, 1.807) is 7.05 Å². The third kappa shape index (κ3) is 1.87. The lowest BCUT2D eigenvalue weighted by Gasteiger charge is -2.42. The van der Waals surface area contributed by atoms with Crippen molar-refractivity contribution in [3.8, 4) is 0 Å². The summed E-state index contributed by atoms with van der Waals surface area (Å²) < 4.78 is 2.27. The number of rotatable bonds is 3. The van der Waals surface area contributed by atoms with Crippen LogP contribution in [0, 0.1) is 0 Å². The monoisotopic (exact) mass is 238 g/mol. The summed E-state index contributed by atoms with van der Waals surface area (Å²) >= 11 is 0. The van der Waals surface area contributed by atoms with Crippen LogP contribution in [-0.4, -0.2) is 19.9 Å². The van der Waals surface area contributed by atoms with Gasteiger partial charge in [-0.3, -0.25) is 9.36 Å². The largest absolute Gasteiger partial charge is 0.359 e. The van der Waals surface area contributed by atoms with Crippen molar-refractivity contribution in [2.75, 3.05) is 5.32 Å². The molecule has 0 atom stereocenters. The van der Waals surface area contributed by atoms with Crippen LogP contribution in [0.15, 0.2) is 9.59 Å². The summed E-state index contributed by atoms with van der Waals surface area (Å²) in [6.45, 7) is 2.10. The van der Waals surface area contributed by atoms with Crippen molar-refractivity contribution in [2.45, 2.75) is 38.1 Å². The van der Waals surface area contributed by atoms with Crippen LogP contribution in [0.2, 0.25) is 0 Å². The molecule has 1 aromatic heterocycles. The highest BCUT2D eigenvalue weighted by atomic mass is 16.2. The average molecular weight is 238 g/mol. The van der Waals surface area contributed by atoms with Crippen molar-refractivity contribution < 1.29 is 0 Å². The highest BCUT2D eigenvalue weighted by molar-refractivity contribution is 5.35. The molecule has 0 amide bonds. The molecule has 1 N–H and O–H groups in total. The molecule has 1 fully saturated rings. The van der Waals surface area contributed by atoms with Crippen LogP contribution in [-0.2, 0) is 14.1 Å². The van der Waals surface area contributed by atoms with Gasteiger partial charge in [0.25, 0.3) is 5.56 Å². The number of aryl methyl sites for hydroxylation is 1. The molecule has 0 spiro atoms. The summed E-state index contributed by atoms with van der Waals surface area (Å²) in [5.74, 6) is 0.274. The molecule has 1 aliphatic carbocycles. The maximum atomic E-state index is 11.9. The van der Waals surface area contributed by atoms with E-state index in [0.29, 0.717) is 0 Å². The average Bonchev–Trinajstić information content (AvgIpc) is 2.27. The molecule has 1 saturated carbocycles. The van der Waals surface area contributed by atoms with E-state index in [2.05, 4.69) is 17.3 Å². The van der Waals surface area contributed by atoms with E-state index in [0.717, 1.165) is 23.8 Å². The number of aromatic nitrogens is 3. The molecule has 94 valence electrons. The van der Waals surface area contributed by atoms with Gasteiger partial charge in [-0.15, -0.1) is 5.10 Å². The van der Waals surface area contributed by atoms with Gasteiger partial charge in [0.15, 0.2) is 0 Å². The van der Waals surface area contributed by atoms with Crippen LogP contribution < -0.4 is 16.6 Å². The van der Waals surface area contributed by atoms with Crippen LogP contribution >= 0.6 is 0 Å². The predicted molar refractivity (Wildman–Crippen MR) is 65.2 cm³/mol. The van der Waals surface area contributed by atoms with E-state index in [4.69, 9.17) is 0 Å². The topological polar surface area (TPSA) is 68.9 Å². The van der Waals surface area contributed by atoms with Crippen molar-refractivity contribution in [1.29, 1.82) is 0 Å². The van der Waals surface area contributed by atoms with Crippen molar-refractivity contribution in [3.63, 3.8) is 0 Å². The molecule has 1 aromatic rings. The number of nitrogens with zero attached hydrogens (tertiary/aromatic N) is 3. The first-order valence-electron chi connectivity index (χ1n) is 5.91. The Balaban J connectivity index is 2.40. The lowest BCUT2D eigenvalue weighted by atomic mass is 9.75. The highest BCUT2D eigenvalue weighted by Crippen LogP contribution is 2.36. The van der Waals surface area contributed by atoms with E-state index < -0.39 is 5.69 Å². The number of anilines is 1. The zero-order valence-electron chi connectivity index (χ0n) is 10.5. The molecule has 6 nitrogen and oxygen atoms in total. The molecule has 1 aliphatic rings. The third-order valence-corrected chi connectivity index (χ3v) is 3.69. The van der Waals surface area contributed by atoms with Crippen molar-refractivity contribution in [3.05, 3.63) is 20.8 Å². The van der Waals surface area contributed by atoms with Gasteiger partial charge >= 0.3 is 5.69 Å². The lowest BCUT2D eigenvalue weighted by molar-refractivity contribution is 0.267. The van der Waals surface area contributed by atoms with Gasteiger partial charge in [-0.05, 0) is 25.7 Å². The second-order valence-electron chi connectivity index (χ2n) is 4.73. The summed E-state index contributed by atoms with van der Waals surface area (Å²) in [6.07, 6.45) is 4.24. The summed E-state index contributed by atoms with van der Waals surface area (Å²) in [5, 5.41) is 7.22. The fourth-order valence-electron chi connectivity index (χ4n) is 2.20. The molecular weight excluding hydrogens is 220 g/mol. The van der Waals surface area contributed by atoms with Crippen molar-refractivity contribution >= 4 is 5.82 Å². The fourth-order valence-corrected chi connectivity index (χ4v) is 2.20. The Hall–Kier alpha value is -1.59. The molecule has 0 unspecified atom stereocenters. The molecule has 17 heavy (non-hydrogen) atoms. The normalized spacial score (nSPS) is 17.6. The zero-order valence-corrected chi connectivity index (χ0v) is 10.5. The van der Waals surface area contributed by atoms with Gasteiger partial charge < -0.3 is 5.32 Å². The summed E-state index contributed by atoms with van der Waals surface area (Å²) in [5.41, 5.74) is -0.760. The smallest absolute Gasteiger partial charge is 0.346 e. The highest BCUT2D eigenvalue weighted by Gasteiger charge is 2.36. The van der Waals surface area contributed by atoms with Gasteiger partial charge in [-0.2, -0.15) is 0 Å². The van der Waals surface area contributed by atoms with Gasteiger partial charge in [0, 0.05) is 19.6 Å². The second kappa shape index (κ2) is 4.01. The SMILES string of the molecule is CCC1(Nc2nn(C)c(=O)n(C)c2=O)CCC1. The predicted octanol–water partition coefficient (Wildman–Crippen LogP) is 0.224. The third-order valence-electron chi connectivity index (χ3n) is 3.69. The Labute approximate surface area is 99.3 Å². The number of hydrogen-bond donors (Lipinski definition) is 1. The summed E-state index contributed by atoms with van der Waals surface area (Å²) in [7, 11) is 3.02. The van der Waals surface area contributed by atoms with Crippen LogP contribution in [0.3, 0.4) is 0 Å². The quantitative estimate of drug-likeness (QED) is 0.818. The lowest BCUT2D eigenvalue weighted by Crippen LogP contribution is -2.48. The summed E-state index contributed by atoms with van der Waals surface area (Å²) in [4.78, 5) is 23.4. The Morgan fingerprint density at radius 2 is 2.00 bits per heavy atom. The van der Waals surface area contributed by atoms with Crippen molar-refractivity contribution in [1.82, 2.24) is 14.3 Å². The van der Waals surface area contributed by atoms with Gasteiger partial charge in [-0.1, -0.05) is 6.92 Å². The van der Waals surface area contributed by atoms with E-state index in [1.165, 1.54) is 18.2 Å².